The van der Waals surface area contributed by atoms with Crippen LogP contribution in [0.25, 0.3) is 0 Å². The number of thiophene rings is 1. The summed E-state index contributed by atoms with van der Waals surface area (Å²) in [5, 5.41) is 2.48. The highest BCUT2D eigenvalue weighted by Gasteiger charge is 2.16. The summed E-state index contributed by atoms with van der Waals surface area (Å²) in [6.45, 7) is 0. The lowest BCUT2D eigenvalue weighted by molar-refractivity contribution is 0.412. The van der Waals surface area contributed by atoms with Gasteiger partial charge in [0.25, 0.3) is 0 Å². The van der Waals surface area contributed by atoms with Crippen LogP contribution in [0.3, 0.4) is 0 Å². The monoisotopic (exact) mass is 287 g/mol. The van der Waals surface area contributed by atoms with E-state index in [1.165, 1.54) is 0 Å². The van der Waals surface area contributed by atoms with Gasteiger partial charge in [-0.2, -0.15) is 0 Å². The maximum absolute atomic E-state index is 6.39. The molecule has 5 heteroatoms. The standard InChI is InChI=1S/C12H11Cl2NOS/c1-16-11-3-5-17-12(11)9(13)6-8-2-4-15-7-10(8)14/h2-5,7,9H,6H2,1H3. The van der Waals surface area contributed by atoms with Crippen LogP contribution < -0.4 is 4.74 Å². The summed E-state index contributed by atoms with van der Waals surface area (Å²) in [6.07, 6.45) is 4.02. The molecule has 0 fully saturated rings. The number of hydrogen-bond donors (Lipinski definition) is 0. The second-order valence-electron chi connectivity index (χ2n) is 3.49. The lowest BCUT2D eigenvalue weighted by Crippen LogP contribution is -1.97. The molecule has 0 N–H and O–H groups in total. The van der Waals surface area contributed by atoms with Crippen molar-refractivity contribution < 1.29 is 4.74 Å². The normalized spacial score (nSPS) is 12.4. The summed E-state index contributed by atoms with van der Waals surface area (Å²) in [4.78, 5) is 4.98. The number of nitrogens with zero attached hydrogens (tertiary/aromatic N) is 1. The van der Waals surface area contributed by atoms with E-state index in [1.807, 2.05) is 17.5 Å². The van der Waals surface area contributed by atoms with Crippen LogP contribution in [0.1, 0.15) is 15.8 Å². The van der Waals surface area contributed by atoms with Gasteiger partial charge in [0.1, 0.15) is 5.75 Å². The van der Waals surface area contributed by atoms with E-state index >= 15 is 0 Å². The number of pyridine rings is 1. The van der Waals surface area contributed by atoms with Crippen molar-refractivity contribution in [3.05, 3.63) is 45.4 Å². The highest BCUT2D eigenvalue weighted by Crippen LogP contribution is 2.37. The molecule has 2 rings (SSSR count). The van der Waals surface area contributed by atoms with Crippen LogP contribution in [-0.4, -0.2) is 12.1 Å². The number of alkyl halides is 1. The number of ether oxygens (including phenoxy) is 1. The van der Waals surface area contributed by atoms with Crippen LogP contribution in [0, 0.1) is 0 Å². The molecule has 0 aliphatic heterocycles. The summed E-state index contributed by atoms with van der Waals surface area (Å²) < 4.78 is 5.26. The smallest absolute Gasteiger partial charge is 0.134 e. The maximum atomic E-state index is 6.39. The second-order valence-corrected chi connectivity index (χ2v) is 5.37. The molecule has 2 aromatic heterocycles. The third-order valence-electron chi connectivity index (χ3n) is 2.42. The minimum absolute atomic E-state index is 0.134. The van der Waals surface area contributed by atoms with Gasteiger partial charge in [0.15, 0.2) is 0 Å². The van der Waals surface area contributed by atoms with E-state index in [2.05, 4.69) is 4.98 Å². The van der Waals surface area contributed by atoms with Gasteiger partial charge in [-0.3, -0.25) is 4.98 Å². The zero-order chi connectivity index (χ0) is 12.3. The van der Waals surface area contributed by atoms with Crippen LogP contribution in [0.2, 0.25) is 5.02 Å². The predicted molar refractivity (Wildman–Crippen MR) is 72.4 cm³/mol. The van der Waals surface area contributed by atoms with Gasteiger partial charge in [-0.05, 0) is 29.5 Å². The number of methoxy groups -OCH3 is 1. The molecule has 0 spiro atoms. The first-order chi connectivity index (χ1) is 8.22. The van der Waals surface area contributed by atoms with Crippen molar-refractivity contribution in [2.45, 2.75) is 11.8 Å². The van der Waals surface area contributed by atoms with Gasteiger partial charge < -0.3 is 4.74 Å². The van der Waals surface area contributed by atoms with Gasteiger partial charge in [-0.1, -0.05) is 11.6 Å². The first-order valence-electron chi connectivity index (χ1n) is 5.06. The summed E-state index contributed by atoms with van der Waals surface area (Å²) in [7, 11) is 1.65. The van der Waals surface area contributed by atoms with Crippen molar-refractivity contribution in [3.8, 4) is 5.75 Å². The Balaban J connectivity index is 2.17. The first kappa shape index (κ1) is 12.7. The quantitative estimate of drug-likeness (QED) is 0.781. The third kappa shape index (κ3) is 2.92. The molecule has 0 bridgehead atoms. The number of rotatable bonds is 4. The molecular weight excluding hydrogens is 277 g/mol. The van der Waals surface area contributed by atoms with Crippen LogP contribution in [0.4, 0.5) is 0 Å². The summed E-state index contributed by atoms with van der Waals surface area (Å²) in [5.41, 5.74) is 0.997. The zero-order valence-electron chi connectivity index (χ0n) is 9.19. The van der Waals surface area contributed by atoms with Crippen LogP contribution in [-0.2, 0) is 6.42 Å². The Bertz CT molecular complexity index is 501. The average molecular weight is 288 g/mol. The van der Waals surface area contributed by atoms with Crippen molar-refractivity contribution in [3.63, 3.8) is 0 Å². The van der Waals surface area contributed by atoms with Crippen molar-refractivity contribution in [1.82, 2.24) is 4.98 Å². The largest absolute Gasteiger partial charge is 0.496 e. The van der Waals surface area contributed by atoms with Gasteiger partial charge >= 0.3 is 0 Å². The van der Waals surface area contributed by atoms with E-state index in [9.17, 15) is 0 Å². The molecular formula is C12H11Cl2NOS. The van der Waals surface area contributed by atoms with E-state index in [1.54, 1.807) is 30.8 Å². The fraction of sp³-hybridized carbons (Fsp3) is 0.250. The number of aromatic nitrogens is 1. The maximum Gasteiger partial charge on any atom is 0.134 e. The van der Waals surface area contributed by atoms with Crippen LogP contribution in [0.15, 0.2) is 29.9 Å². The lowest BCUT2D eigenvalue weighted by Gasteiger charge is -2.10. The molecule has 0 amide bonds. The Kier molecular flexibility index (Phi) is 4.26. The fourth-order valence-corrected chi connectivity index (χ4v) is 3.02. The Morgan fingerprint density at radius 1 is 1.47 bits per heavy atom. The molecule has 0 saturated carbocycles. The van der Waals surface area contributed by atoms with Gasteiger partial charge in [-0.25, -0.2) is 0 Å². The van der Waals surface area contributed by atoms with Crippen LogP contribution in [0.5, 0.6) is 5.75 Å². The molecule has 90 valence electrons. The molecule has 0 saturated heterocycles. The molecule has 2 aromatic rings. The SMILES string of the molecule is COc1ccsc1C(Cl)Cc1ccncc1Cl. The molecule has 2 heterocycles. The van der Waals surface area contributed by atoms with E-state index in [-0.39, 0.29) is 5.38 Å². The van der Waals surface area contributed by atoms with Gasteiger partial charge in [0.05, 0.1) is 22.4 Å². The average Bonchev–Trinajstić information content (AvgIpc) is 2.80. The van der Waals surface area contributed by atoms with Crippen molar-refractivity contribution in [2.75, 3.05) is 7.11 Å². The third-order valence-corrected chi connectivity index (χ3v) is 4.27. The molecule has 2 nitrogen and oxygen atoms in total. The summed E-state index contributed by atoms with van der Waals surface area (Å²) in [5.74, 6) is 0.833. The zero-order valence-corrected chi connectivity index (χ0v) is 11.5. The lowest BCUT2D eigenvalue weighted by atomic mass is 10.1. The van der Waals surface area contributed by atoms with Gasteiger partial charge in [-0.15, -0.1) is 22.9 Å². The number of hydrogen-bond acceptors (Lipinski definition) is 3. The first-order valence-corrected chi connectivity index (χ1v) is 6.75. The van der Waals surface area contributed by atoms with Gasteiger partial charge in [0.2, 0.25) is 0 Å². The predicted octanol–water partition coefficient (Wildman–Crippen LogP) is 4.33. The molecule has 17 heavy (non-hydrogen) atoms. The van der Waals surface area contributed by atoms with E-state index < -0.39 is 0 Å². The Morgan fingerprint density at radius 2 is 2.29 bits per heavy atom. The molecule has 0 aliphatic carbocycles. The van der Waals surface area contributed by atoms with Crippen molar-refractivity contribution in [1.29, 1.82) is 0 Å². The highest BCUT2D eigenvalue weighted by atomic mass is 35.5. The van der Waals surface area contributed by atoms with Gasteiger partial charge in [0, 0.05) is 12.4 Å². The fourth-order valence-electron chi connectivity index (χ4n) is 1.56. The highest BCUT2D eigenvalue weighted by molar-refractivity contribution is 7.10. The Morgan fingerprint density at radius 3 is 3.00 bits per heavy atom. The van der Waals surface area contributed by atoms with E-state index in [0.29, 0.717) is 11.4 Å². The molecule has 1 unspecified atom stereocenters. The summed E-state index contributed by atoms with van der Waals surface area (Å²) in [6, 6.07) is 3.81. The molecule has 0 aromatic carbocycles. The topological polar surface area (TPSA) is 22.1 Å². The van der Waals surface area contributed by atoms with Crippen molar-refractivity contribution >= 4 is 34.5 Å². The van der Waals surface area contributed by atoms with Crippen molar-refractivity contribution in [2.24, 2.45) is 0 Å². The summed E-state index contributed by atoms with van der Waals surface area (Å²) >= 11 is 14.0. The Hall–Kier alpha value is -0.770. The Labute approximate surface area is 114 Å². The second kappa shape index (κ2) is 5.71. The minimum Gasteiger partial charge on any atom is -0.496 e. The van der Waals surface area contributed by atoms with E-state index in [4.69, 9.17) is 27.9 Å². The van der Waals surface area contributed by atoms with E-state index in [0.717, 1.165) is 16.2 Å². The molecule has 0 radical (unpaired) electrons. The molecule has 1 atom stereocenters. The minimum atomic E-state index is -0.134. The molecule has 0 aliphatic rings. The van der Waals surface area contributed by atoms with Crippen LogP contribution >= 0.6 is 34.5 Å². The number of halogens is 2.